The zero-order valence-corrected chi connectivity index (χ0v) is 16.0. The average molecular weight is 376 g/mol. The maximum absolute atomic E-state index is 12.7. The van der Waals surface area contributed by atoms with Crippen LogP contribution in [0.1, 0.15) is 35.7 Å². The van der Waals surface area contributed by atoms with Crippen LogP contribution in [0, 0.1) is 6.92 Å². The molecule has 1 aliphatic rings. The highest BCUT2D eigenvalue weighted by molar-refractivity contribution is 5.74. The van der Waals surface area contributed by atoms with E-state index in [0.29, 0.717) is 13.1 Å². The molecule has 0 saturated carbocycles. The van der Waals surface area contributed by atoms with Crippen LogP contribution in [-0.2, 0) is 6.54 Å². The number of amides is 2. The number of hydrogen-bond acceptors (Lipinski definition) is 4. The third-order valence-electron chi connectivity index (χ3n) is 5.13. The molecule has 7 heteroatoms. The molecule has 28 heavy (non-hydrogen) atoms. The van der Waals surface area contributed by atoms with Gasteiger partial charge in [-0.2, -0.15) is 4.68 Å². The van der Waals surface area contributed by atoms with Crippen molar-refractivity contribution >= 4 is 6.03 Å². The van der Waals surface area contributed by atoms with Crippen molar-refractivity contribution in [2.45, 2.75) is 32.2 Å². The summed E-state index contributed by atoms with van der Waals surface area (Å²) in [6, 6.07) is 18.0. The van der Waals surface area contributed by atoms with Gasteiger partial charge in [0, 0.05) is 25.6 Å². The van der Waals surface area contributed by atoms with E-state index in [1.54, 1.807) is 4.68 Å². The molecule has 4 rings (SSSR count). The molecule has 1 N–H and O–H groups in total. The number of aromatic nitrogens is 4. The Morgan fingerprint density at radius 2 is 1.93 bits per heavy atom. The molecule has 0 bridgehead atoms. The lowest BCUT2D eigenvalue weighted by Gasteiger charge is -2.32. The Morgan fingerprint density at radius 1 is 1.14 bits per heavy atom. The van der Waals surface area contributed by atoms with Crippen molar-refractivity contribution in [3.05, 3.63) is 71.5 Å². The molecule has 2 heterocycles. The van der Waals surface area contributed by atoms with E-state index in [2.05, 4.69) is 39.9 Å². The SMILES string of the molecule is Cc1ccc(CNC(=O)N2CCCC(c3nnnn3-c3ccccc3)C2)cc1. The summed E-state index contributed by atoms with van der Waals surface area (Å²) >= 11 is 0. The van der Waals surface area contributed by atoms with Gasteiger partial charge >= 0.3 is 6.03 Å². The van der Waals surface area contributed by atoms with Crippen LogP contribution in [0.25, 0.3) is 5.69 Å². The molecule has 2 amide bonds. The van der Waals surface area contributed by atoms with E-state index in [9.17, 15) is 4.79 Å². The van der Waals surface area contributed by atoms with Gasteiger partial charge in [-0.25, -0.2) is 4.79 Å². The van der Waals surface area contributed by atoms with Gasteiger partial charge in [0.2, 0.25) is 0 Å². The first-order valence-electron chi connectivity index (χ1n) is 9.63. The van der Waals surface area contributed by atoms with Gasteiger partial charge in [-0.05, 0) is 47.9 Å². The van der Waals surface area contributed by atoms with Crippen molar-refractivity contribution in [1.29, 1.82) is 0 Å². The van der Waals surface area contributed by atoms with Crippen LogP contribution in [-0.4, -0.2) is 44.2 Å². The van der Waals surface area contributed by atoms with Gasteiger partial charge < -0.3 is 10.2 Å². The van der Waals surface area contributed by atoms with Gasteiger partial charge in [-0.3, -0.25) is 0 Å². The lowest BCUT2D eigenvalue weighted by molar-refractivity contribution is 0.177. The van der Waals surface area contributed by atoms with Crippen LogP contribution in [0.15, 0.2) is 54.6 Å². The van der Waals surface area contributed by atoms with Gasteiger partial charge in [-0.1, -0.05) is 48.0 Å². The van der Waals surface area contributed by atoms with E-state index in [1.807, 2.05) is 47.4 Å². The third-order valence-corrected chi connectivity index (χ3v) is 5.13. The topological polar surface area (TPSA) is 75.9 Å². The number of nitrogens with one attached hydrogen (secondary N) is 1. The van der Waals surface area contributed by atoms with Crippen LogP contribution in [0.4, 0.5) is 4.79 Å². The number of hydrogen-bond donors (Lipinski definition) is 1. The molecule has 0 radical (unpaired) electrons. The van der Waals surface area contributed by atoms with Gasteiger partial charge in [-0.15, -0.1) is 5.10 Å². The Balaban J connectivity index is 1.41. The minimum atomic E-state index is -0.0380. The minimum Gasteiger partial charge on any atom is -0.334 e. The van der Waals surface area contributed by atoms with Crippen LogP contribution < -0.4 is 5.32 Å². The first-order chi connectivity index (χ1) is 13.7. The average Bonchev–Trinajstić information content (AvgIpc) is 3.24. The Kier molecular flexibility index (Phi) is 5.32. The van der Waals surface area contributed by atoms with Crippen molar-refractivity contribution in [3.63, 3.8) is 0 Å². The highest BCUT2D eigenvalue weighted by Gasteiger charge is 2.28. The molecule has 1 atom stereocenters. The van der Waals surface area contributed by atoms with E-state index in [-0.39, 0.29) is 11.9 Å². The van der Waals surface area contributed by atoms with Gasteiger partial charge in [0.1, 0.15) is 0 Å². The van der Waals surface area contributed by atoms with E-state index in [1.165, 1.54) is 5.56 Å². The molecule has 2 aromatic carbocycles. The summed E-state index contributed by atoms with van der Waals surface area (Å²) in [6.07, 6.45) is 1.90. The van der Waals surface area contributed by atoms with Crippen molar-refractivity contribution < 1.29 is 4.79 Å². The number of tetrazole rings is 1. The van der Waals surface area contributed by atoms with E-state index in [0.717, 1.165) is 36.5 Å². The Hall–Kier alpha value is -3.22. The number of aryl methyl sites for hydroxylation is 1. The Labute approximate surface area is 164 Å². The molecule has 1 aromatic heterocycles. The summed E-state index contributed by atoms with van der Waals surface area (Å²) in [5.74, 6) is 0.927. The van der Waals surface area contributed by atoms with Gasteiger partial charge in [0.05, 0.1) is 5.69 Å². The standard InChI is InChI=1S/C21H24N6O/c1-16-9-11-17(12-10-16)14-22-21(28)26-13-5-6-18(15-26)20-23-24-25-27(20)19-7-3-2-4-8-19/h2-4,7-12,18H,5-6,13-15H2,1H3,(H,22,28). The maximum Gasteiger partial charge on any atom is 0.317 e. The second kappa shape index (κ2) is 8.21. The molecule has 0 spiro atoms. The second-order valence-corrected chi connectivity index (χ2v) is 7.21. The quantitative estimate of drug-likeness (QED) is 0.759. The number of nitrogens with zero attached hydrogens (tertiary/aromatic N) is 5. The minimum absolute atomic E-state index is 0.0380. The summed E-state index contributed by atoms with van der Waals surface area (Å²) in [5.41, 5.74) is 3.24. The van der Waals surface area contributed by atoms with Crippen LogP contribution in [0.3, 0.4) is 0 Å². The summed E-state index contributed by atoms with van der Waals surface area (Å²) < 4.78 is 1.78. The highest BCUT2D eigenvalue weighted by Crippen LogP contribution is 2.26. The van der Waals surface area contributed by atoms with Crippen LogP contribution in [0.2, 0.25) is 0 Å². The van der Waals surface area contributed by atoms with Crippen molar-refractivity contribution in [1.82, 2.24) is 30.4 Å². The molecule has 1 fully saturated rings. The fourth-order valence-electron chi connectivity index (χ4n) is 3.57. The van der Waals surface area contributed by atoms with Gasteiger partial charge in [0.25, 0.3) is 0 Å². The number of urea groups is 1. The fourth-order valence-corrected chi connectivity index (χ4v) is 3.57. The van der Waals surface area contributed by atoms with E-state index >= 15 is 0 Å². The number of likely N-dealkylation sites (tertiary alicyclic amines) is 1. The number of carbonyl (C=O) groups is 1. The zero-order valence-electron chi connectivity index (χ0n) is 16.0. The lowest BCUT2D eigenvalue weighted by Crippen LogP contribution is -2.45. The van der Waals surface area contributed by atoms with E-state index in [4.69, 9.17) is 0 Å². The second-order valence-electron chi connectivity index (χ2n) is 7.21. The highest BCUT2D eigenvalue weighted by atomic mass is 16.2. The molecule has 1 unspecified atom stereocenters. The van der Waals surface area contributed by atoms with Crippen molar-refractivity contribution in [2.75, 3.05) is 13.1 Å². The Bertz CT molecular complexity index is 922. The van der Waals surface area contributed by atoms with Gasteiger partial charge in [0.15, 0.2) is 5.82 Å². The first kappa shape index (κ1) is 18.2. The smallest absolute Gasteiger partial charge is 0.317 e. The molecule has 1 saturated heterocycles. The number of para-hydroxylation sites is 1. The fraction of sp³-hybridized carbons (Fsp3) is 0.333. The number of benzene rings is 2. The molecule has 3 aromatic rings. The molecule has 1 aliphatic heterocycles. The number of rotatable bonds is 4. The number of piperidine rings is 1. The molecule has 0 aliphatic carbocycles. The summed E-state index contributed by atoms with van der Waals surface area (Å²) in [7, 11) is 0. The van der Waals surface area contributed by atoms with Crippen LogP contribution in [0.5, 0.6) is 0 Å². The third kappa shape index (κ3) is 4.03. The summed E-state index contributed by atoms with van der Waals surface area (Å²) in [5, 5.41) is 15.3. The molecule has 144 valence electrons. The zero-order chi connectivity index (χ0) is 19.3. The summed E-state index contributed by atoms with van der Waals surface area (Å²) in [4.78, 5) is 14.5. The maximum atomic E-state index is 12.7. The molecular formula is C21H24N6O. The molecular weight excluding hydrogens is 352 g/mol. The monoisotopic (exact) mass is 376 g/mol. The largest absolute Gasteiger partial charge is 0.334 e. The van der Waals surface area contributed by atoms with Crippen molar-refractivity contribution in [2.24, 2.45) is 0 Å². The summed E-state index contributed by atoms with van der Waals surface area (Å²) in [6.45, 7) is 3.96. The predicted molar refractivity (Wildman–Crippen MR) is 106 cm³/mol. The first-order valence-corrected chi connectivity index (χ1v) is 9.63. The molecule has 7 nitrogen and oxygen atoms in total. The normalized spacial score (nSPS) is 16.8. The lowest BCUT2D eigenvalue weighted by atomic mass is 9.97. The predicted octanol–water partition coefficient (Wildman–Crippen LogP) is 3.06. The number of carbonyl (C=O) groups excluding carboxylic acids is 1. The van der Waals surface area contributed by atoms with Crippen molar-refractivity contribution in [3.8, 4) is 5.69 Å². The van der Waals surface area contributed by atoms with E-state index < -0.39 is 0 Å². The van der Waals surface area contributed by atoms with Crippen LogP contribution >= 0.6 is 0 Å². The Morgan fingerprint density at radius 3 is 2.71 bits per heavy atom.